The molecule has 1 fully saturated rings. The van der Waals surface area contributed by atoms with Crippen molar-refractivity contribution in [3.63, 3.8) is 0 Å². The van der Waals surface area contributed by atoms with Crippen LogP contribution in [0.15, 0.2) is 85.2 Å². The molecule has 7 heteroatoms. The number of hydrogen-bond acceptors (Lipinski definition) is 7. The SMILES string of the molecule is COc1ccc(N2CCN(c3cncc(-c4ccccc4Oc4ccccc4)n3)CC2)cc1OC. The van der Waals surface area contributed by atoms with Crippen LogP contribution < -0.4 is 24.0 Å². The first kappa shape index (κ1) is 22.5. The van der Waals surface area contributed by atoms with Crippen LogP contribution in [0.2, 0.25) is 0 Å². The van der Waals surface area contributed by atoms with Crippen LogP contribution in [0.3, 0.4) is 0 Å². The molecular formula is C28H28N4O3. The van der Waals surface area contributed by atoms with Crippen LogP contribution in [-0.2, 0) is 0 Å². The van der Waals surface area contributed by atoms with Gasteiger partial charge in [-0.05, 0) is 36.4 Å². The van der Waals surface area contributed by atoms with Gasteiger partial charge in [-0.2, -0.15) is 0 Å². The Kier molecular flexibility index (Phi) is 6.66. The number of para-hydroxylation sites is 2. The van der Waals surface area contributed by atoms with Gasteiger partial charge in [-0.25, -0.2) is 4.98 Å². The molecule has 178 valence electrons. The minimum Gasteiger partial charge on any atom is -0.493 e. The summed E-state index contributed by atoms with van der Waals surface area (Å²) in [5, 5.41) is 0. The second-order valence-corrected chi connectivity index (χ2v) is 8.19. The molecule has 0 bridgehead atoms. The van der Waals surface area contributed by atoms with Crippen LogP contribution in [-0.4, -0.2) is 50.4 Å². The minimum atomic E-state index is 0.735. The zero-order valence-electron chi connectivity index (χ0n) is 19.9. The molecule has 0 unspecified atom stereocenters. The molecule has 3 aromatic carbocycles. The van der Waals surface area contributed by atoms with E-state index in [1.165, 1.54) is 0 Å². The normalized spacial score (nSPS) is 13.4. The molecule has 1 aliphatic heterocycles. The van der Waals surface area contributed by atoms with Crippen LogP contribution in [0.25, 0.3) is 11.3 Å². The smallest absolute Gasteiger partial charge is 0.162 e. The molecule has 0 aliphatic carbocycles. The average molecular weight is 469 g/mol. The van der Waals surface area contributed by atoms with Gasteiger partial charge in [0.05, 0.1) is 32.3 Å². The second-order valence-electron chi connectivity index (χ2n) is 8.19. The Morgan fingerprint density at radius 1 is 0.686 bits per heavy atom. The van der Waals surface area contributed by atoms with E-state index in [2.05, 4.69) is 20.9 Å². The monoisotopic (exact) mass is 468 g/mol. The highest BCUT2D eigenvalue weighted by Crippen LogP contribution is 2.34. The van der Waals surface area contributed by atoms with Crippen molar-refractivity contribution in [1.82, 2.24) is 9.97 Å². The third-order valence-electron chi connectivity index (χ3n) is 6.09. The molecule has 0 spiro atoms. The largest absolute Gasteiger partial charge is 0.493 e. The minimum absolute atomic E-state index is 0.735. The van der Waals surface area contributed by atoms with E-state index < -0.39 is 0 Å². The maximum Gasteiger partial charge on any atom is 0.162 e. The van der Waals surface area contributed by atoms with Crippen LogP contribution in [0.5, 0.6) is 23.0 Å². The number of methoxy groups -OCH3 is 2. The summed E-state index contributed by atoms with van der Waals surface area (Å²) in [5.74, 6) is 3.88. The maximum atomic E-state index is 6.14. The van der Waals surface area contributed by atoms with Crippen molar-refractivity contribution in [1.29, 1.82) is 0 Å². The molecule has 2 heterocycles. The van der Waals surface area contributed by atoms with Crippen molar-refractivity contribution in [3.05, 3.63) is 85.2 Å². The number of anilines is 2. The van der Waals surface area contributed by atoms with Crippen LogP contribution >= 0.6 is 0 Å². The van der Waals surface area contributed by atoms with Gasteiger partial charge in [0, 0.05) is 43.5 Å². The van der Waals surface area contributed by atoms with Gasteiger partial charge < -0.3 is 24.0 Å². The molecular weight excluding hydrogens is 440 g/mol. The van der Waals surface area contributed by atoms with Gasteiger partial charge in [0.2, 0.25) is 0 Å². The lowest BCUT2D eigenvalue weighted by atomic mass is 10.1. The van der Waals surface area contributed by atoms with E-state index in [4.69, 9.17) is 19.2 Å². The fourth-order valence-electron chi connectivity index (χ4n) is 4.24. The van der Waals surface area contributed by atoms with Crippen molar-refractivity contribution >= 4 is 11.5 Å². The molecule has 1 aromatic heterocycles. The van der Waals surface area contributed by atoms with Crippen LogP contribution in [0.1, 0.15) is 0 Å². The lowest BCUT2D eigenvalue weighted by molar-refractivity contribution is 0.355. The van der Waals surface area contributed by atoms with E-state index in [1.807, 2.05) is 72.9 Å². The Bertz CT molecular complexity index is 1270. The maximum absolute atomic E-state index is 6.14. The van der Waals surface area contributed by atoms with Gasteiger partial charge in [0.1, 0.15) is 17.3 Å². The Balaban J connectivity index is 1.31. The Morgan fingerprint density at radius 2 is 1.40 bits per heavy atom. The van der Waals surface area contributed by atoms with Gasteiger partial charge in [0.15, 0.2) is 11.5 Å². The average Bonchev–Trinajstić information content (AvgIpc) is 2.93. The Morgan fingerprint density at radius 3 is 2.17 bits per heavy atom. The topological polar surface area (TPSA) is 60.0 Å². The standard InChI is InChI=1S/C28H28N4O3/c1-33-26-13-12-21(18-27(26)34-2)31-14-16-32(17-15-31)28-20-29-19-24(30-28)23-10-6-7-11-25(23)35-22-8-4-3-5-9-22/h3-13,18-20H,14-17H2,1-2H3. The number of nitrogens with zero attached hydrogens (tertiary/aromatic N) is 4. The van der Waals surface area contributed by atoms with E-state index in [9.17, 15) is 0 Å². The molecule has 0 N–H and O–H groups in total. The van der Waals surface area contributed by atoms with E-state index in [0.29, 0.717) is 0 Å². The lowest BCUT2D eigenvalue weighted by Crippen LogP contribution is -2.46. The van der Waals surface area contributed by atoms with Crippen molar-refractivity contribution in [2.45, 2.75) is 0 Å². The van der Waals surface area contributed by atoms with Crippen molar-refractivity contribution in [3.8, 4) is 34.3 Å². The Hall–Kier alpha value is -4.26. The third kappa shape index (κ3) is 4.99. The van der Waals surface area contributed by atoms with Gasteiger partial charge >= 0.3 is 0 Å². The van der Waals surface area contributed by atoms with Crippen LogP contribution in [0.4, 0.5) is 11.5 Å². The van der Waals surface area contributed by atoms with Gasteiger partial charge in [-0.15, -0.1) is 0 Å². The fraction of sp³-hybridized carbons (Fsp3) is 0.214. The fourth-order valence-corrected chi connectivity index (χ4v) is 4.24. The number of aromatic nitrogens is 2. The quantitative estimate of drug-likeness (QED) is 0.366. The first-order chi connectivity index (χ1) is 17.2. The number of rotatable bonds is 7. The molecule has 0 atom stereocenters. The highest BCUT2D eigenvalue weighted by Gasteiger charge is 2.20. The third-order valence-corrected chi connectivity index (χ3v) is 6.09. The molecule has 7 nitrogen and oxygen atoms in total. The first-order valence-electron chi connectivity index (χ1n) is 11.6. The summed E-state index contributed by atoms with van der Waals surface area (Å²) >= 11 is 0. The summed E-state index contributed by atoms with van der Waals surface area (Å²) in [6.45, 7) is 3.42. The predicted octanol–water partition coefficient (Wildman–Crippen LogP) is 5.28. The van der Waals surface area contributed by atoms with Crippen molar-refractivity contribution < 1.29 is 14.2 Å². The van der Waals surface area contributed by atoms with Gasteiger partial charge in [-0.1, -0.05) is 30.3 Å². The number of ether oxygens (including phenoxy) is 3. The second kappa shape index (κ2) is 10.3. The van der Waals surface area contributed by atoms with E-state index in [-0.39, 0.29) is 0 Å². The summed E-state index contributed by atoms with van der Waals surface area (Å²) in [7, 11) is 3.31. The summed E-state index contributed by atoms with van der Waals surface area (Å²) in [6.07, 6.45) is 3.62. The molecule has 1 saturated heterocycles. The van der Waals surface area contributed by atoms with Crippen molar-refractivity contribution in [2.24, 2.45) is 0 Å². The highest BCUT2D eigenvalue weighted by atomic mass is 16.5. The Labute approximate surface area is 205 Å². The molecule has 0 amide bonds. The lowest BCUT2D eigenvalue weighted by Gasteiger charge is -2.36. The summed E-state index contributed by atoms with van der Waals surface area (Å²) in [4.78, 5) is 14.1. The molecule has 35 heavy (non-hydrogen) atoms. The zero-order chi connectivity index (χ0) is 24.0. The summed E-state index contributed by atoms with van der Waals surface area (Å²) in [5.41, 5.74) is 2.82. The summed E-state index contributed by atoms with van der Waals surface area (Å²) < 4.78 is 17.0. The van der Waals surface area contributed by atoms with E-state index in [0.717, 1.165) is 71.9 Å². The molecule has 4 aromatic rings. The molecule has 5 rings (SSSR count). The van der Waals surface area contributed by atoms with E-state index >= 15 is 0 Å². The first-order valence-corrected chi connectivity index (χ1v) is 11.6. The van der Waals surface area contributed by atoms with Gasteiger partial charge in [-0.3, -0.25) is 4.98 Å². The van der Waals surface area contributed by atoms with Crippen molar-refractivity contribution in [2.75, 3.05) is 50.2 Å². The van der Waals surface area contributed by atoms with E-state index in [1.54, 1.807) is 20.4 Å². The summed E-state index contributed by atoms with van der Waals surface area (Å²) in [6, 6.07) is 23.7. The number of piperazine rings is 1. The molecule has 0 radical (unpaired) electrons. The number of hydrogen-bond donors (Lipinski definition) is 0. The zero-order valence-corrected chi connectivity index (χ0v) is 19.9. The molecule has 0 saturated carbocycles. The van der Waals surface area contributed by atoms with Crippen LogP contribution in [0, 0.1) is 0 Å². The molecule has 1 aliphatic rings. The van der Waals surface area contributed by atoms with Gasteiger partial charge in [0.25, 0.3) is 0 Å². The highest BCUT2D eigenvalue weighted by molar-refractivity contribution is 5.68. The predicted molar refractivity (Wildman–Crippen MR) is 138 cm³/mol. The number of benzene rings is 3.